The van der Waals surface area contributed by atoms with Gasteiger partial charge < -0.3 is 5.11 Å². The molecule has 2 rings (SSSR count). The molecular formula is C11H17NO3S2. The lowest BCUT2D eigenvalue weighted by molar-refractivity contribution is 0.194. The maximum Gasteiger partial charge on any atom is 0.150 e. The Bertz CT molecular complexity index is 465. The van der Waals surface area contributed by atoms with Crippen LogP contribution >= 0.6 is 11.3 Å². The Morgan fingerprint density at radius 1 is 1.53 bits per heavy atom. The summed E-state index contributed by atoms with van der Waals surface area (Å²) in [5.41, 5.74) is 0.911. The Morgan fingerprint density at radius 2 is 2.18 bits per heavy atom. The van der Waals surface area contributed by atoms with Crippen molar-refractivity contribution in [3.63, 3.8) is 0 Å². The molecule has 1 saturated heterocycles. The van der Waals surface area contributed by atoms with Gasteiger partial charge in [-0.15, -0.1) is 11.3 Å². The average molecular weight is 275 g/mol. The highest BCUT2D eigenvalue weighted by Gasteiger charge is 2.26. The van der Waals surface area contributed by atoms with E-state index >= 15 is 0 Å². The lowest BCUT2D eigenvalue weighted by Crippen LogP contribution is -2.22. The molecule has 1 aromatic rings. The van der Waals surface area contributed by atoms with E-state index in [1.165, 1.54) is 0 Å². The Labute approximate surface area is 106 Å². The first kappa shape index (κ1) is 13.0. The van der Waals surface area contributed by atoms with Crippen LogP contribution in [0.3, 0.4) is 0 Å². The molecule has 1 atom stereocenters. The second kappa shape index (κ2) is 5.04. The van der Waals surface area contributed by atoms with Crippen molar-refractivity contribution in [1.29, 1.82) is 0 Å². The van der Waals surface area contributed by atoms with Crippen molar-refractivity contribution in [3.05, 3.63) is 16.1 Å². The molecule has 96 valence electrons. The Kier molecular flexibility index (Phi) is 3.85. The van der Waals surface area contributed by atoms with Crippen molar-refractivity contribution in [2.24, 2.45) is 0 Å². The van der Waals surface area contributed by atoms with Gasteiger partial charge >= 0.3 is 0 Å². The Morgan fingerprint density at radius 3 is 2.76 bits per heavy atom. The highest BCUT2D eigenvalue weighted by molar-refractivity contribution is 7.91. The van der Waals surface area contributed by atoms with E-state index in [4.69, 9.17) is 0 Å². The molecule has 1 aliphatic heterocycles. The number of hydrogen-bond donors (Lipinski definition) is 1. The average Bonchev–Trinajstić information content (AvgIpc) is 2.65. The summed E-state index contributed by atoms with van der Waals surface area (Å²) in [6.07, 6.45) is 1.56. The van der Waals surface area contributed by atoms with Crippen molar-refractivity contribution < 1.29 is 13.5 Å². The summed E-state index contributed by atoms with van der Waals surface area (Å²) in [5, 5.41) is 12.3. The first-order chi connectivity index (χ1) is 7.96. The predicted octanol–water partition coefficient (Wildman–Crippen LogP) is 1.36. The topological polar surface area (TPSA) is 67.3 Å². The van der Waals surface area contributed by atoms with Gasteiger partial charge in [-0.25, -0.2) is 13.4 Å². The van der Waals surface area contributed by atoms with Crippen LogP contribution in [0.15, 0.2) is 5.38 Å². The van der Waals surface area contributed by atoms with Crippen LogP contribution in [0.2, 0.25) is 0 Å². The number of aliphatic hydroxyl groups excluding tert-OH is 1. The summed E-state index contributed by atoms with van der Waals surface area (Å²) in [5.74, 6) is 0.845. The lowest BCUT2D eigenvalue weighted by atomic mass is 10.0. The number of thiazole rings is 1. The zero-order valence-electron chi connectivity index (χ0n) is 9.80. The van der Waals surface area contributed by atoms with E-state index in [2.05, 4.69) is 4.98 Å². The first-order valence-electron chi connectivity index (χ1n) is 5.79. The van der Waals surface area contributed by atoms with Crippen LogP contribution in [0.4, 0.5) is 0 Å². The van der Waals surface area contributed by atoms with E-state index in [-0.39, 0.29) is 23.5 Å². The summed E-state index contributed by atoms with van der Waals surface area (Å²) in [6.45, 7) is 1.74. The summed E-state index contributed by atoms with van der Waals surface area (Å²) in [4.78, 5) is 4.49. The van der Waals surface area contributed by atoms with Crippen LogP contribution in [-0.4, -0.2) is 36.1 Å². The van der Waals surface area contributed by atoms with Crippen LogP contribution in [-0.2, 0) is 16.3 Å². The van der Waals surface area contributed by atoms with Crippen molar-refractivity contribution in [2.45, 2.75) is 38.2 Å². The third kappa shape index (κ3) is 3.50. The summed E-state index contributed by atoms with van der Waals surface area (Å²) in [6, 6.07) is 0. The fourth-order valence-electron chi connectivity index (χ4n) is 2.04. The van der Waals surface area contributed by atoms with Crippen LogP contribution < -0.4 is 0 Å². The molecule has 1 N–H and O–H groups in total. The van der Waals surface area contributed by atoms with Gasteiger partial charge in [0.1, 0.15) is 9.84 Å². The molecule has 1 fully saturated rings. The fourth-order valence-corrected chi connectivity index (χ4v) is 4.54. The van der Waals surface area contributed by atoms with E-state index in [1.54, 1.807) is 18.3 Å². The largest absolute Gasteiger partial charge is 0.393 e. The normalized spacial score (nSPS) is 22.5. The van der Waals surface area contributed by atoms with E-state index in [9.17, 15) is 13.5 Å². The molecule has 1 unspecified atom stereocenters. The summed E-state index contributed by atoms with van der Waals surface area (Å²) >= 11 is 1.58. The van der Waals surface area contributed by atoms with Gasteiger partial charge in [0.15, 0.2) is 0 Å². The molecule has 0 saturated carbocycles. The van der Waals surface area contributed by atoms with Gasteiger partial charge in [-0.05, 0) is 19.8 Å². The molecule has 4 nitrogen and oxygen atoms in total. The van der Waals surface area contributed by atoms with Gasteiger partial charge in [0.2, 0.25) is 0 Å². The number of sulfone groups is 1. The molecule has 0 radical (unpaired) electrons. The van der Waals surface area contributed by atoms with Crippen molar-refractivity contribution >= 4 is 21.2 Å². The third-order valence-corrected chi connectivity index (χ3v) is 5.75. The number of aromatic nitrogens is 1. The number of hydrogen-bond acceptors (Lipinski definition) is 5. The smallest absolute Gasteiger partial charge is 0.150 e. The molecule has 2 heterocycles. The second-order valence-electron chi connectivity index (χ2n) is 4.66. The molecule has 0 spiro atoms. The van der Waals surface area contributed by atoms with Crippen LogP contribution in [0, 0.1) is 0 Å². The zero-order valence-corrected chi connectivity index (χ0v) is 11.4. The quantitative estimate of drug-likeness (QED) is 0.904. The van der Waals surface area contributed by atoms with Crippen LogP contribution in [0.25, 0.3) is 0 Å². The van der Waals surface area contributed by atoms with Crippen molar-refractivity contribution in [3.8, 4) is 0 Å². The molecule has 1 aliphatic rings. The van der Waals surface area contributed by atoms with Crippen molar-refractivity contribution in [2.75, 3.05) is 11.5 Å². The van der Waals surface area contributed by atoms with Gasteiger partial charge in [-0.1, -0.05) is 0 Å². The molecular weight excluding hydrogens is 258 g/mol. The minimum atomic E-state index is -2.80. The maximum absolute atomic E-state index is 11.3. The zero-order chi connectivity index (χ0) is 12.5. The molecule has 1 aromatic heterocycles. The predicted molar refractivity (Wildman–Crippen MR) is 68.1 cm³/mol. The molecule has 0 amide bonds. The van der Waals surface area contributed by atoms with E-state index in [0.29, 0.717) is 19.3 Å². The van der Waals surface area contributed by atoms with Gasteiger partial charge in [0.25, 0.3) is 0 Å². The van der Waals surface area contributed by atoms with E-state index < -0.39 is 9.84 Å². The van der Waals surface area contributed by atoms with E-state index in [0.717, 1.165) is 10.7 Å². The van der Waals surface area contributed by atoms with Gasteiger partial charge in [0.05, 0.1) is 28.3 Å². The fraction of sp³-hybridized carbons (Fsp3) is 0.727. The number of aliphatic hydroxyl groups is 1. The Hall–Kier alpha value is -0.460. The summed E-state index contributed by atoms with van der Waals surface area (Å²) < 4.78 is 22.7. The van der Waals surface area contributed by atoms with Gasteiger partial charge in [-0.3, -0.25) is 0 Å². The highest BCUT2D eigenvalue weighted by atomic mass is 32.2. The summed E-state index contributed by atoms with van der Waals surface area (Å²) in [7, 11) is -2.80. The van der Waals surface area contributed by atoms with Gasteiger partial charge in [0, 0.05) is 17.7 Å². The van der Waals surface area contributed by atoms with E-state index in [1.807, 2.05) is 5.38 Å². The number of rotatable bonds is 3. The van der Waals surface area contributed by atoms with Crippen LogP contribution in [0.5, 0.6) is 0 Å². The highest BCUT2D eigenvalue weighted by Crippen LogP contribution is 2.31. The standard InChI is InChI=1S/C11H17NO3S2/c1-8(13)6-10-7-16-11(12-10)9-2-4-17(14,15)5-3-9/h7-9,13H,2-6H2,1H3. The number of nitrogens with zero attached hydrogens (tertiary/aromatic N) is 1. The minimum Gasteiger partial charge on any atom is -0.393 e. The lowest BCUT2D eigenvalue weighted by Gasteiger charge is -2.19. The maximum atomic E-state index is 11.3. The first-order valence-corrected chi connectivity index (χ1v) is 8.49. The molecule has 17 heavy (non-hydrogen) atoms. The third-order valence-electron chi connectivity index (χ3n) is 2.98. The Balaban J connectivity index is 2.01. The SMILES string of the molecule is CC(O)Cc1csc(C2CCS(=O)(=O)CC2)n1. The minimum absolute atomic E-state index is 0.281. The van der Waals surface area contributed by atoms with Gasteiger partial charge in [-0.2, -0.15) is 0 Å². The monoisotopic (exact) mass is 275 g/mol. The van der Waals surface area contributed by atoms with Crippen molar-refractivity contribution in [1.82, 2.24) is 4.98 Å². The van der Waals surface area contributed by atoms with Crippen LogP contribution in [0.1, 0.15) is 36.4 Å². The molecule has 6 heteroatoms. The molecule has 0 aromatic carbocycles. The second-order valence-corrected chi connectivity index (χ2v) is 7.85. The molecule has 0 bridgehead atoms. The molecule has 0 aliphatic carbocycles.